The molecule has 20 heavy (non-hydrogen) atoms. The lowest BCUT2D eigenvalue weighted by molar-refractivity contribution is 0.0956. The van der Waals surface area contributed by atoms with Crippen molar-refractivity contribution in [2.24, 2.45) is 5.73 Å². The quantitative estimate of drug-likeness (QED) is 0.908. The van der Waals surface area contributed by atoms with Crippen LogP contribution in [0.1, 0.15) is 34.8 Å². The highest BCUT2D eigenvalue weighted by molar-refractivity contribution is 6.31. The molecule has 3 N–H and O–H groups in total. The largest absolute Gasteiger partial charge is 0.351 e. The molecule has 2 aromatic rings. The average Bonchev–Trinajstić information content (AvgIpc) is 3.28. The fourth-order valence-corrected chi connectivity index (χ4v) is 2.45. The number of hydrogen-bond donors (Lipinski definition) is 2. The predicted molar refractivity (Wildman–Crippen MR) is 80.1 cm³/mol. The van der Waals surface area contributed by atoms with Crippen LogP contribution < -0.4 is 11.1 Å². The Morgan fingerprint density at radius 1 is 1.40 bits per heavy atom. The van der Waals surface area contributed by atoms with E-state index < -0.39 is 0 Å². The highest BCUT2D eigenvalue weighted by Gasteiger charge is 2.26. The molecule has 1 fully saturated rings. The van der Waals surface area contributed by atoms with Crippen LogP contribution in [0.4, 0.5) is 0 Å². The van der Waals surface area contributed by atoms with Crippen LogP contribution in [0.5, 0.6) is 0 Å². The molecule has 3 rings (SSSR count). The summed E-state index contributed by atoms with van der Waals surface area (Å²) in [6.45, 7) is 0.882. The van der Waals surface area contributed by atoms with Gasteiger partial charge in [-0.05, 0) is 37.1 Å². The van der Waals surface area contributed by atoms with Gasteiger partial charge in [0.05, 0.1) is 11.1 Å². The molecule has 5 heteroatoms. The van der Waals surface area contributed by atoms with Crippen molar-refractivity contribution in [2.75, 3.05) is 13.1 Å². The van der Waals surface area contributed by atoms with Crippen LogP contribution in [-0.2, 0) is 0 Å². The van der Waals surface area contributed by atoms with Gasteiger partial charge in [0.2, 0.25) is 0 Å². The van der Waals surface area contributed by atoms with Gasteiger partial charge in [0.15, 0.2) is 0 Å². The molecular formula is C15H16ClN3O. The van der Waals surface area contributed by atoms with Gasteiger partial charge in [0, 0.05) is 35.1 Å². The van der Waals surface area contributed by atoms with Crippen molar-refractivity contribution in [3.8, 4) is 0 Å². The molecular weight excluding hydrogens is 274 g/mol. The lowest BCUT2D eigenvalue weighted by atomic mass is 10.1. The molecule has 4 nitrogen and oxygen atoms in total. The summed E-state index contributed by atoms with van der Waals surface area (Å²) in [6, 6.07) is 7.35. The number of nitrogens with zero attached hydrogens (tertiary/aromatic N) is 1. The van der Waals surface area contributed by atoms with Crippen LogP contribution in [0, 0.1) is 0 Å². The van der Waals surface area contributed by atoms with E-state index in [1.54, 1.807) is 12.1 Å². The fraction of sp³-hybridized carbons (Fsp3) is 0.333. The van der Waals surface area contributed by atoms with Crippen molar-refractivity contribution in [3.63, 3.8) is 0 Å². The van der Waals surface area contributed by atoms with Crippen molar-refractivity contribution in [1.82, 2.24) is 10.3 Å². The number of fused-ring (bicyclic) bond motifs is 1. The van der Waals surface area contributed by atoms with Crippen molar-refractivity contribution in [2.45, 2.75) is 18.8 Å². The molecule has 0 unspecified atom stereocenters. The van der Waals surface area contributed by atoms with Crippen molar-refractivity contribution in [1.29, 1.82) is 0 Å². The zero-order valence-electron chi connectivity index (χ0n) is 11.0. The van der Waals surface area contributed by atoms with E-state index >= 15 is 0 Å². The minimum atomic E-state index is -0.119. The number of amides is 1. The first-order chi connectivity index (χ1) is 9.69. The second kappa shape index (κ2) is 5.38. The monoisotopic (exact) mass is 289 g/mol. The normalized spacial score (nSPS) is 14.5. The van der Waals surface area contributed by atoms with Crippen LogP contribution in [0.2, 0.25) is 5.02 Å². The highest BCUT2D eigenvalue weighted by Crippen LogP contribution is 2.40. The molecule has 1 saturated carbocycles. The maximum Gasteiger partial charge on any atom is 0.252 e. The molecule has 1 amide bonds. The molecule has 104 valence electrons. The number of nitrogens with two attached hydrogens (primary N) is 1. The standard InChI is InChI=1S/C15H16ClN3O/c16-10-3-4-13-11(7-10)12(15(20)18-6-5-17)8-14(19-13)9-1-2-9/h3-4,7-9H,1-2,5-6,17H2,(H,18,20). The Labute approximate surface area is 122 Å². The molecule has 1 heterocycles. The minimum absolute atomic E-state index is 0.119. The smallest absolute Gasteiger partial charge is 0.252 e. The topological polar surface area (TPSA) is 68.0 Å². The first kappa shape index (κ1) is 13.3. The van der Waals surface area contributed by atoms with E-state index in [9.17, 15) is 4.79 Å². The number of carbonyl (C=O) groups excluding carboxylic acids is 1. The molecule has 0 spiro atoms. The Kier molecular flexibility index (Phi) is 3.59. The summed E-state index contributed by atoms with van der Waals surface area (Å²) in [5, 5.41) is 4.20. The average molecular weight is 290 g/mol. The first-order valence-corrected chi connectivity index (χ1v) is 7.15. The van der Waals surface area contributed by atoms with Crippen LogP contribution in [-0.4, -0.2) is 24.0 Å². The van der Waals surface area contributed by atoms with Gasteiger partial charge < -0.3 is 11.1 Å². The van der Waals surface area contributed by atoms with Gasteiger partial charge in [-0.25, -0.2) is 0 Å². The van der Waals surface area contributed by atoms with Gasteiger partial charge in [-0.15, -0.1) is 0 Å². The number of halogens is 1. The van der Waals surface area contributed by atoms with Crippen molar-refractivity contribution in [3.05, 3.63) is 40.5 Å². The van der Waals surface area contributed by atoms with Crippen molar-refractivity contribution < 1.29 is 4.79 Å². The Morgan fingerprint density at radius 2 is 2.20 bits per heavy atom. The summed E-state index contributed by atoms with van der Waals surface area (Å²) < 4.78 is 0. The van der Waals surface area contributed by atoms with Crippen LogP contribution in [0.15, 0.2) is 24.3 Å². The van der Waals surface area contributed by atoms with E-state index in [1.807, 2.05) is 12.1 Å². The van der Waals surface area contributed by atoms with Crippen LogP contribution >= 0.6 is 11.6 Å². The zero-order valence-corrected chi connectivity index (χ0v) is 11.8. The van der Waals surface area contributed by atoms with Gasteiger partial charge in [-0.3, -0.25) is 9.78 Å². The molecule has 0 saturated heterocycles. The second-order valence-electron chi connectivity index (χ2n) is 5.08. The lowest BCUT2D eigenvalue weighted by Crippen LogP contribution is -2.29. The van der Waals surface area contributed by atoms with Gasteiger partial charge in [0.1, 0.15) is 0 Å². The van der Waals surface area contributed by atoms with E-state index in [0.29, 0.717) is 29.6 Å². The van der Waals surface area contributed by atoms with Crippen molar-refractivity contribution >= 4 is 28.4 Å². The third kappa shape index (κ3) is 2.62. The highest BCUT2D eigenvalue weighted by atomic mass is 35.5. The number of hydrogen-bond acceptors (Lipinski definition) is 3. The fourth-order valence-electron chi connectivity index (χ4n) is 2.28. The van der Waals surface area contributed by atoms with Gasteiger partial charge >= 0.3 is 0 Å². The van der Waals surface area contributed by atoms with E-state index in [-0.39, 0.29) is 5.91 Å². The summed E-state index contributed by atoms with van der Waals surface area (Å²) in [6.07, 6.45) is 2.30. The molecule has 0 atom stereocenters. The summed E-state index contributed by atoms with van der Waals surface area (Å²) in [7, 11) is 0. The van der Waals surface area contributed by atoms with Crippen LogP contribution in [0.3, 0.4) is 0 Å². The second-order valence-corrected chi connectivity index (χ2v) is 5.51. The van der Waals surface area contributed by atoms with E-state index in [4.69, 9.17) is 17.3 Å². The molecule has 1 aliphatic carbocycles. The summed E-state index contributed by atoms with van der Waals surface area (Å²) in [5.41, 5.74) is 7.88. The summed E-state index contributed by atoms with van der Waals surface area (Å²) in [4.78, 5) is 16.9. The van der Waals surface area contributed by atoms with Gasteiger partial charge in [0.25, 0.3) is 5.91 Å². The summed E-state index contributed by atoms with van der Waals surface area (Å²) in [5.74, 6) is 0.378. The molecule has 1 aromatic carbocycles. The summed E-state index contributed by atoms with van der Waals surface area (Å²) >= 11 is 6.03. The van der Waals surface area contributed by atoms with Gasteiger partial charge in [-0.1, -0.05) is 11.6 Å². The molecule has 0 radical (unpaired) electrons. The minimum Gasteiger partial charge on any atom is -0.351 e. The zero-order chi connectivity index (χ0) is 14.1. The Balaban J connectivity index is 2.10. The third-order valence-corrected chi connectivity index (χ3v) is 3.70. The maximum atomic E-state index is 12.3. The first-order valence-electron chi connectivity index (χ1n) is 6.77. The van der Waals surface area contributed by atoms with E-state index in [1.165, 1.54) is 0 Å². The molecule has 0 bridgehead atoms. The number of aromatic nitrogens is 1. The van der Waals surface area contributed by atoms with E-state index in [2.05, 4.69) is 10.3 Å². The van der Waals surface area contributed by atoms with Gasteiger partial charge in [-0.2, -0.15) is 0 Å². The number of benzene rings is 1. The molecule has 0 aliphatic heterocycles. The molecule has 1 aliphatic rings. The van der Waals surface area contributed by atoms with E-state index in [0.717, 1.165) is 29.4 Å². The molecule has 1 aromatic heterocycles. The third-order valence-electron chi connectivity index (χ3n) is 3.46. The maximum absolute atomic E-state index is 12.3. The predicted octanol–water partition coefficient (Wildman–Crippen LogP) is 2.45. The Bertz CT molecular complexity index is 667. The Morgan fingerprint density at radius 3 is 2.90 bits per heavy atom. The number of carbonyl (C=O) groups is 1. The Hall–Kier alpha value is -1.65. The SMILES string of the molecule is NCCNC(=O)c1cc(C2CC2)nc2ccc(Cl)cc12. The number of pyridine rings is 1. The number of nitrogens with one attached hydrogen (secondary N) is 1. The van der Waals surface area contributed by atoms with Crippen LogP contribution in [0.25, 0.3) is 10.9 Å². The number of rotatable bonds is 4. The lowest BCUT2D eigenvalue weighted by Gasteiger charge is -2.10.